The molecule has 0 aliphatic carbocycles. The molecule has 0 radical (unpaired) electrons. The highest BCUT2D eigenvalue weighted by Gasteiger charge is 2.58. The molecule has 4 N–H and O–H groups in total. The second kappa shape index (κ2) is 17.5. The molecular weight excluding hydrogens is 702 g/mol. The van der Waals surface area contributed by atoms with E-state index < -0.39 is 96.0 Å². The van der Waals surface area contributed by atoms with Crippen LogP contribution in [0.15, 0.2) is 0 Å². The SMILES string of the molecule is CC[C@H]1OC(=O)[C@H](C)[C@@H](O[C@H]2C[C@@](C)(OC)[C@@H](N)[C@H](C)O2)[C@H](C)[C@@H](O[C@@H]2O[C@H](C)C[C@H](N(C)C)[C@H]2O)[C@](C)(O)C[C@@H](C)CN(C)[C@@H](C)[C@H]2OC(=O)O[C@@]21C. The van der Waals surface area contributed by atoms with Gasteiger partial charge in [-0.15, -0.1) is 0 Å². The lowest BCUT2D eigenvalue weighted by Gasteiger charge is -2.49. The van der Waals surface area contributed by atoms with Gasteiger partial charge in [0, 0.05) is 38.1 Å². The van der Waals surface area contributed by atoms with Gasteiger partial charge < -0.3 is 58.7 Å². The molecule has 15 heteroatoms. The van der Waals surface area contributed by atoms with Crippen LogP contribution in [0.1, 0.15) is 94.9 Å². The van der Waals surface area contributed by atoms with Crippen molar-refractivity contribution in [2.75, 3.05) is 34.8 Å². The zero-order valence-electron chi connectivity index (χ0n) is 35.1. The van der Waals surface area contributed by atoms with E-state index in [2.05, 4.69) is 4.90 Å². The van der Waals surface area contributed by atoms with E-state index >= 15 is 0 Å². The van der Waals surface area contributed by atoms with Crippen LogP contribution in [0.4, 0.5) is 4.79 Å². The number of aliphatic hydroxyl groups is 2. The molecule has 0 aromatic carbocycles. The number of nitrogens with zero attached hydrogens (tertiary/aromatic N) is 2. The van der Waals surface area contributed by atoms with E-state index in [0.717, 1.165) is 0 Å². The first-order valence-electron chi connectivity index (χ1n) is 19.8. The maximum atomic E-state index is 14.4. The smallest absolute Gasteiger partial charge is 0.458 e. The Hall–Kier alpha value is -1.66. The third kappa shape index (κ3) is 9.37. The molecule has 4 aliphatic rings. The number of carbonyl (C=O) groups is 2. The van der Waals surface area contributed by atoms with Crippen molar-refractivity contribution in [3.8, 4) is 0 Å². The number of rotatable bonds is 7. The van der Waals surface area contributed by atoms with Crippen LogP contribution in [-0.4, -0.2) is 157 Å². The van der Waals surface area contributed by atoms with Crippen molar-refractivity contribution in [1.29, 1.82) is 0 Å². The number of carbonyl (C=O) groups excluding carboxylic acids is 2. The maximum Gasteiger partial charge on any atom is 0.509 e. The first kappa shape index (κ1) is 45.0. The molecule has 54 heavy (non-hydrogen) atoms. The van der Waals surface area contributed by atoms with Crippen molar-refractivity contribution in [2.45, 2.75) is 185 Å². The number of fused-ring (bicyclic) bond motifs is 1. The lowest BCUT2D eigenvalue weighted by atomic mass is 9.77. The van der Waals surface area contributed by atoms with Crippen molar-refractivity contribution >= 4 is 12.1 Å². The molecule has 15 nitrogen and oxygen atoms in total. The second-order valence-corrected chi connectivity index (χ2v) is 17.6. The van der Waals surface area contributed by atoms with Gasteiger partial charge in [0.1, 0.15) is 12.2 Å². The van der Waals surface area contributed by atoms with Gasteiger partial charge in [0.2, 0.25) is 0 Å². The van der Waals surface area contributed by atoms with Gasteiger partial charge in [0.15, 0.2) is 24.3 Å². The topological polar surface area (TPSA) is 181 Å². The summed E-state index contributed by atoms with van der Waals surface area (Å²) in [4.78, 5) is 31.2. The Morgan fingerprint density at radius 3 is 2.24 bits per heavy atom. The van der Waals surface area contributed by atoms with Gasteiger partial charge in [-0.3, -0.25) is 9.69 Å². The van der Waals surface area contributed by atoms with Gasteiger partial charge in [-0.25, -0.2) is 4.79 Å². The number of hydrogen-bond donors (Lipinski definition) is 3. The predicted octanol–water partition coefficient (Wildman–Crippen LogP) is 3.05. The normalized spacial score (nSPS) is 49.0. The highest BCUT2D eigenvalue weighted by molar-refractivity contribution is 5.73. The fourth-order valence-corrected chi connectivity index (χ4v) is 9.39. The second-order valence-electron chi connectivity index (χ2n) is 17.6. The van der Waals surface area contributed by atoms with Crippen LogP contribution >= 0.6 is 0 Å². The molecule has 18 atom stereocenters. The van der Waals surface area contributed by atoms with Crippen LogP contribution in [-0.2, 0) is 42.7 Å². The minimum absolute atomic E-state index is 0.103. The number of nitrogens with two attached hydrogens (primary N) is 1. The number of methoxy groups -OCH3 is 1. The summed E-state index contributed by atoms with van der Waals surface area (Å²) in [6.07, 6.45) is -6.59. The summed E-state index contributed by atoms with van der Waals surface area (Å²) < 4.78 is 49.9. The Balaban J connectivity index is 1.83. The number of likely N-dealkylation sites (N-methyl/N-ethyl adjacent to an activating group) is 2. The van der Waals surface area contributed by atoms with Crippen LogP contribution in [0.25, 0.3) is 0 Å². The third-order valence-electron chi connectivity index (χ3n) is 12.8. The fraction of sp³-hybridized carbons (Fsp3) is 0.949. The average Bonchev–Trinajstić information content (AvgIpc) is 3.40. The summed E-state index contributed by atoms with van der Waals surface area (Å²) in [5, 5.41) is 24.2. The first-order valence-corrected chi connectivity index (χ1v) is 19.8. The van der Waals surface area contributed by atoms with E-state index in [1.165, 1.54) is 0 Å². The van der Waals surface area contributed by atoms with Crippen LogP contribution < -0.4 is 5.73 Å². The van der Waals surface area contributed by atoms with Crippen LogP contribution in [0.5, 0.6) is 0 Å². The van der Waals surface area contributed by atoms with Gasteiger partial charge in [-0.1, -0.05) is 20.8 Å². The van der Waals surface area contributed by atoms with Crippen molar-refractivity contribution < 1.29 is 57.7 Å². The largest absolute Gasteiger partial charge is 0.509 e. The summed E-state index contributed by atoms with van der Waals surface area (Å²) in [5.41, 5.74) is 2.91. The summed E-state index contributed by atoms with van der Waals surface area (Å²) in [5.74, 6) is -2.36. The number of esters is 1. The fourth-order valence-electron chi connectivity index (χ4n) is 9.39. The van der Waals surface area contributed by atoms with Gasteiger partial charge in [-0.2, -0.15) is 0 Å². The van der Waals surface area contributed by atoms with Gasteiger partial charge in [0.25, 0.3) is 0 Å². The third-order valence-corrected chi connectivity index (χ3v) is 12.8. The minimum Gasteiger partial charge on any atom is -0.458 e. The number of aliphatic hydroxyl groups excluding tert-OH is 1. The Bertz CT molecular complexity index is 1280. The highest BCUT2D eigenvalue weighted by Crippen LogP contribution is 2.41. The molecule has 4 saturated heterocycles. The summed E-state index contributed by atoms with van der Waals surface area (Å²) in [6, 6.07) is -1.04. The first-order chi connectivity index (χ1) is 25.0. The van der Waals surface area contributed by atoms with Crippen LogP contribution in [0.3, 0.4) is 0 Å². The predicted molar refractivity (Wildman–Crippen MR) is 199 cm³/mol. The Morgan fingerprint density at radius 1 is 1.00 bits per heavy atom. The molecule has 4 heterocycles. The Morgan fingerprint density at radius 2 is 1.65 bits per heavy atom. The summed E-state index contributed by atoms with van der Waals surface area (Å²) >= 11 is 0. The standard InChI is InChI=1S/C39H71N3O12/c1-15-27-39(10)33(53-36(45)54-39)24(6)42(13)19-20(2)17-37(8,46)32(52-35-29(43)26(41(11)12)16-21(3)48-35)22(4)30(23(5)34(44)50-27)51-28-18-38(9,47-14)31(40)25(7)49-28/h20-33,35,43,46H,15-19,40H2,1-14H3/t20-,21-,22+,23-,24+,25+,26+,27-,28+,29-,30+,31+,32-,33-,35+,37-,38-,39-/m1/s1. The van der Waals surface area contributed by atoms with E-state index in [4.69, 9.17) is 43.6 Å². The zero-order valence-corrected chi connectivity index (χ0v) is 35.1. The highest BCUT2D eigenvalue weighted by atomic mass is 16.8. The van der Waals surface area contributed by atoms with E-state index in [9.17, 15) is 19.8 Å². The lowest BCUT2D eigenvalue weighted by Crippen LogP contribution is -2.62. The van der Waals surface area contributed by atoms with Crippen LogP contribution in [0.2, 0.25) is 0 Å². The Kier molecular flexibility index (Phi) is 14.6. The molecule has 0 saturated carbocycles. The van der Waals surface area contributed by atoms with E-state index in [1.807, 2.05) is 74.5 Å². The van der Waals surface area contributed by atoms with Gasteiger partial charge in [0.05, 0.1) is 47.6 Å². The zero-order chi connectivity index (χ0) is 40.7. The molecule has 4 aliphatic heterocycles. The van der Waals surface area contributed by atoms with E-state index in [0.29, 0.717) is 19.4 Å². The van der Waals surface area contributed by atoms with Gasteiger partial charge in [-0.05, 0) is 94.8 Å². The molecular formula is C39H71N3O12. The molecule has 0 spiro atoms. The Labute approximate surface area is 322 Å². The van der Waals surface area contributed by atoms with Crippen LogP contribution in [0, 0.1) is 17.8 Å². The maximum absolute atomic E-state index is 14.4. The van der Waals surface area contributed by atoms with Crippen molar-refractivity contribution in [2.24, 2.45) is 23.5 Å². The molecule has 4 rings (SSSR count). The molecule has 0 aromatic heterocycles. The monoisotopic (exact) mass is 774 g/mol. The number of hydrogen-bond acceptors (Lipinski definition) is 15. The van der Waals surface area contributed by atoms with Gasteiger partial charge >= 0.3 is 12.1 Å². The average molecular weight is 774 g/mol. The molecule has 0 aromatic rings. The molecule has 0 amide bonds. The minimum atomic E-state index is -1.53. The van der Waals surface area contributed by atoms with Crippen molar-refractivity contribution in [3.05, 3.63) is 0 Å². The van der Waals surface area contributed by atoms with Crippen molar-refractivity contribution in [1.82, 2.24) is 9.80 Å². The quantitative estimate of drug-likeness (QED) is 0.321. The molecule has 314 valence electrons. The summed E-state index contributed by atoms with van der Waals surface area (Å²) in [7, 11) is 7.32. The summed E-state index contributed by atoms with van der Waals surface area (Å²) in [6.45, 7) is 19.1. The van der Waals surface area contributed by atoms with E-state index in [1.54, 1.807) is 27.9 Å². The molecule has 0 bridgehead atoms. The number of cyclic esters (lactones) is 1. The number of ether oxygens (including phenoxy) is 8. The lowest BCUT2D eigenvalue weighted by molar-refractivity contribution is -0.311. The van der Waals surface area contributed by atoms with E-state index in [-0.39, 0.29) is 36.9 Å². The molecule has 4 fully saturated rings. The van der Waals surface area contributed by atoms with Crippen molar-refractivity contribution in [3.63, 3.8) is 0 Å². The molecule has 0 unspecified atom stereocenters.